The van der Waals surface area contributed by atoms with Gasteiger partial charge in [0, 0.05) is 5.56 Å². The van der Waals surface area contributed by atoms with Crippen LogP contribution in [0.2, 0.25) is 0 Å². The number of carbonyl (C=O) groups is 2. The molecule has 27 heavy (non-hydrogen) atoms. The van der Waals surface area contributed by atoms with Crippen LogP contribution in [0.4, 0.5) is 0 Å². The van der Waals surface area contributed by atoms with E-state index in [0.29, 0.717) is 11.3 Å². The van der Waals surface area contributed by atoms with Gasteiger partial charge in [0.15, 0.2) is 11.5 Å². The first-order valence-corrected chi connectivity index (χ1v) is 8.80. The molecule has 140 valence electrons. The van der Waals surface area contributed by atoms with Crippen molar-refractivity contribution in [1.29, 1.82) is 0 Å². The number of Topliss-reactive ketones (excluding diaryl/α,β-unsaturated/α-hetero) is 1. The quantitative estimate of drug-likeness (QED) is 0.628. The maximum absolute atomic E-state index is 13.1. The van der Waals surface area contributed by atoms with E-state index in [1.807, 2.05) is 31.2 Å². The molecule has 0 bridgehead atoms. The van der Waals surface area contributed by atoms with Gasteiger partial charge in [-0.05, 0) is 31.5 Å². The van der Waals surface area contributed by atoms with Crippen molar-refractivity contribution in [3.8, 4) is 5.75 Å². The second-order valence-electron chi connectivity index (χ2n) is 6.31. The van der Waals surface area contributed by atoms with E-state index in [9.17, 15) is 9.59 Å². The molecule has 0 amide bonds. The van der Waals surface area contributed by atoms with Gasteiger partial charge in [0.25, 0.3) is 0 Å². The van der Waals surface area contributed by atoms with Gasteiger partial charge in [-0.2, -0.15) is 5.10 Å². The van der Waals surface area contributed by atoms with Crippen molar-refractivity contribution in [3.63, 3.8) is 0 Å². The number of esters is 1. The number of nitrogens with zero attached hydrogens (tertiary/aromatic N) is 1. The van der Waals surface area contributed by atoms with Crippen LogP contribution in [0.15, 0.2) is 53.6 Å². The van der Waals surface area contributed by atoms with Gasteiger partial charge in [-0.15, -0.1) is 0 Å². The predicted octanol–water partition coefficient (Wildman–Crippen LogP) is 2.86. The lowest BCUT2D eigenvalue weighted by molar-refractivity contribution is -0.135. The molecule has 0 spiro atoms. The number of benzene rings is 2. The number of aryl methyl sites for hydroxylation is 1. The Morgan fingerprint density at radius 3 is 2.33 bits per heavy atom. The van der Waals surface area contributed by atoms with Crippen LogP contribution in [0.3, 0.4) is 0 Å². The molecule has 0 saturated carbocycles. The van der Waals surface area contributed by atoms with E-state index >= 15 is 0 Å². The molecule has 2 atom stereocenters. The lowest BCUT2D eigenvalue weighted by atomic mass is 9.84. The number of rotatable bonds is 6. The van der Waals surface area contributed by atoms with E-state index in [2.05, 4.69) is 10.5 Å². The average Bonchev–Trinajstić information content (AvgIpc) is 3.13. The van der Waals surface area contributed by atoms with Crippen molar-refractivity contribution in [2.75, 3.05) is 13.7 Å². The number of hydrogen-bond acceptors (Lipinski definition) is 6. The SMILES string of the molecule is CCOC(=O)C1=NN[C@@H](C(=O)c2ccc(C)cc2)[C@H]1c1ccc(OC)cc1. The fourth-order valence-electron chi connectivity index (χ4n) is 3.09. The van der Waals surface area contributed by atoms with Gasteiger partial charge < -0.3 is 9.47 Å². The zero-order valence-electron chi connectivity index (χ0n) is 15.6. The van der Waals surface area contributed by atoms with Gasteiger partial charge in [-0.3, -0.25) is 10.2 Å². The molecule has 0 saturated heterocycles. The van der Waals surface area contributed by atoms with Crippen LogP contribution in [0, 0.1) is 6.92 Å². The van der Waals surface area contributed by atoms with Crippen LogP contribution in [0.25, 0.3) is 0 Å². The highest BCUT2D eigenvalue weighted by molar-refractivity contribution is 6.40. The standard InChI is InChI=1S/C21H22N2O4/c1-4-27-21(25)19-17(14-9-11-16(26-3)12-10-14)18(22-23-19)20(24)15-7-5-13(2)6-8-15/h5-12,17-18,22H,4H2,1-3H3/t17-,18-/m1/s1. The number of nitrogens with one attached hydrogen (secondary N) is 1. The Morgan fingerprint density at radius 2 is 1.74 bits per heavy atom. The summed E-state index contributed by atoms with van der Waals surface area (Å²) in [5.41, 5.74) is 5.47. The summed E-state index contributed by atoms with van der Waals surface area (Å²) in [5, 5.41) is 4.14. The third-order valence-corrected chi connectivity index (χ3v) is 4.53. The van der Waals surface area contributed by atoms with Crippen molar-refractivity contribution in [2.24, 2.45) is 5.10 Å². The second kappa shape index (κ2) is 8.03. The lowest BCUT2D eigenvalue weighted by Crippen LogP contribution is -2.37. The number of carbonyl (C=O) groups excluding carboxylic acids is 2. The van der Waals surface area contributed by atoms with Gasteiger partial charge in [0.2, 0.25) is 0 Å². The summed E-state index contributed by atoms with van der Waals surface area (Å²) in [7, 11) is 1.58. The van der Waals surface area contributed by atoms with Crippen molar-refractivity contribution < 1.29 is 19.1 Å². The molecule has 6 nitrogen and oxygen atoms in total. The Labute approximate surface area is 158 Å². The van der Waals surface area contributed by atoms with Crippen LogP contribution in [-0.2, 0) is 9.53 Å². The zero-order valence-corrected chi connectivity index (χ0v) is 15.6. The highest BCUT2D eigenvalue weighted by atomic mass is 16.5. The molecular formula is C21H22N2O4. The predicted molar refractivity (Wildman–Crippen MR) is 102 cm³/mol. The molecule has 0 aliphatic carbocycles. The molecular weight excluding hydrogens is 344 g/mol. The molecule has 0 unspecified atom stereocenters. The first-order valence-electron chi connectivity index (χ1n) is 8.80. The first kappa shape index (κ1) is 18.6. The fourth-order valence-corrected chi connectivity index (χ4v) is 3.09. The molecule has 6 heteroatoms. The summed E-state index contributed by atoms with van der Waals surface area (Å²) in [6.07, 6.45) is 0. The van der Waals surface area contributed by atoms with Crippen molar-refractivity contribution in [2.45, 2.75) is 25.8 Å². The first-order chi connectivity index (χ1) is 13.0. The average molecular weight is 366 g/mol. The van der Waals surface area contributed by atoms with Crippen molar-refractivity contribution >= 4 is 17.5 Å². The molecule has 0 radical (unpaired) electrons. The Morgan fingerprint density at radius 1 is 1.07 bits per heavy atom. The minimum atomic E-state index is -0.680. The van der Waals surface area contributed by atoms with E-state index in [4.69, 9.17) is 9.47 Å². The molecule has 0 fully saturated rings. The lowest BCUT2D eigenvalue weighted by Gasteiger charge is -2.20. The van der Waals surface area contributed by atoms with E-state index < -0.39 is 17.9 Å². The van der Waals surface area contributed by atoms with Crippen LogP contribution in [0.1, 0.15) is 34.3 Å². The van der Waals surface area contributed by atoms with E-state index in [0.717, 1.165) is 11.1 Å². The number of ether oxygens (including phenoxy) is 2. The van der Waals surface area contributed by atoms with Gasteiger partial charge in [-0.1, -0.05) is 42.0 Å². The summed E-state index contributed by atoms with van der Waals surface area (Å²) in [6, 6.07) is 13.9. The maximum Gasteiger partial charge on any atom is 0.355 e. The van der Waals surface area contributed by atoms with E-state index in [1.54, 1.807) is 38.3 Å². The van der Waals surface area contributed by atoms with Gasteiger partial charge >= 0.3 is 5.97 Å². The smallest absolute Gasteiger partial charge is 0.355 e. The molecule has 2 aromatic rings. The molecule has 3 rings (SSSR count). The molecule has 0 aromatic heterocycles. The molecule has 2 aromatic carbocycles. The van der Waals surface area contributed by atoms with Crippen LogP contribution in [-0.4, -0.2) is 37.2 Å². The van der Waals surface area contributed by atoms with Gasteiger partial charge in [0.1, 0.15) is 11.8 Å². The minimum absolute atomic E-state index is 0.126. The Balaban J connectivity index is 1.95. The Kier molecular flexibility index (Phi) is 5.54. The summed E-state index contributed by atoms with van der Waals surface area (Å²) in [4.78, 5) is 25.5. The molecule has 1 N–H and O–H groups in total. The summed E-state index contributed by atoms with van der Waals surface area (Å²) < 4.78 is 10.3. The normalized spacial score (nSPS) is 18.4. The highest BCUT2D eigenvalue weighted by Crippen LogP contribution is 2.30. The molecule has 1 heterocycles. The van der Waals surface area contributed by atoms with Crippen molar-refractivity contribution in [1.82, 2.24) is 5.43 Å². The third-order valence-electron chi connectivity index (χ3n) is 4.53. The second-order valence-corrected chi connectivity index (χ2v) is 6.31. The van der Waals surface area contributed by atoms with Crippen LogP contribution in [0.5, 0.6) is 5.75 Å². The third kappa shape index (κ3) is 3.84. The highest BCUT2D eigenvalue weighted by Gasteiger charge is 2.41. The Hall–Kier alpha value is -3.15. The molecule has 1 aliphatic heterocycles. The Bertz CT molecular complexity index is 857. The monoisotopic (exact) mass is 366 g/mol. The van der Waals surface area contributed by atoms with E-state index in [-0.39, 0.29) is 18.1 Å². The van der Waals surface area contributed by atoms with E-state index in [1.165, 1.54) is 0 Å². The maximum atomic E-state index is 13.1. The number of hydrazone groups is 1. The van der Waals surface area contributed by atoms with Crippen LogP contribution >= 0.6 is 0 Å². The van der Waals surface area contributed by atoms with Gasteiger partial charge in [0.05, 0.1) is 19.6 Å². The summed E-state index contributed by atoms with van der Waals surface area (Å²) >= 11 is 0. The minimum Gasteiger partial charge on any atom is -0.497 e. The largest absolute Gasteiger partial charge is 0.497 e. The molecule has 1 aliphatic rings. The van der Waals surface area contributed by atoms with Gasteiger partial charge in [-0.25, -0.2) is 4.79 Å². The number of methoxy groups -OCH3 is 1. The zero-order chi connectivity index (χ0) is 19.4. The number of ketones is 1. The van der Waals surface area contributed by atoms with Crippen LogP contribution < -0.4 is 10.2 Å². The number of hydrogen-bond donors (Lipinski definition) is 1. The summed E-state index contributed by atoms with van der Waals surface area (Å²) in [5.74, 6) is -0.492. The summed E-state index contributed by atoms with van der Waals surface area (Å²) in [6.45, 7) is 3.94. The van der Waals surface area contributed by atoms with Crippen molar-refractivity contribution in [3.05, 3.63) is 65.2 Å². The fraction of sp³-hybridized carbons (Fsp3) is 0.286. The topological polar surface area (TPSA) is 77.0 Å².